The van der Waals surface area contributed by atoms with Gasteiger partial charge in [0.2, 0.25) is 0 Å². The molecule has 0 bridgehead atoms. The lowest BCUT2D eigenvalue weighted by atomic mass is 9.99. The number of ether oxygens (including phenoxy) is 1. The highest BCUT2D eigenvalue weighted by atomic mass is 16.5. The summed E-state index contributed by atoms with van der Waals surface area (Å²) in [5, 5.41) is 12.3. The van der Waals surface area contributed by atoms with Crippen LogP contribution in [-0.4, -0.2) is 35.4 Å². The number of carbonyl (C=O) groups excluding carboxylic acids is 1. The molecule has 0 aliphatic carbocycles. The van der Waals surface area contributed by atoms with Crippen molar-refractivity contribution in [3.8, 4) is 0 Å². The van der Waals surface area contributed by atoms with Gasteiger partial charge in [0.15, 0.2) is 0 Å². The number of carbonyl (C=O) groups is 1. The number of aliphatic hydroxyl groups excluding tert-OH is 1. The van der Waals surface area contributed by atoms with Gasteiger partial charge in [-0.2, -0.15) is 0 Å². The lowest BCUT2D eigenvalue weighted by molar-refractivity contribution is -0.146. The molecule has 0 aliphatic rings. The van der Waals surface area contributed by atoms with Crippen LogP contribution in [0.1, 0.15) is 34.6 Å². The Kier molecular flexibility index (Phi) is 5.08. The average molecular weight is 203 g/mol. The van der Waals surface area contributed by atoms with Crippen LogP contribution >= 0.6 is 0 Å². The molecule has 2 N–H and O–H groups in total. The minimum atomic E-state index is -0.519. The molecule has 14 heavy (non-hydrogen) atoms. The summed E-state index contributed by atoms with van der Waals surface area (Å²) in [6, 6.07) is 0. The molecule has 1 atom stereocenters. The van der Waals surface area contributed by atoms with E-state index in [2.05, 4.69) is 5.32 Å². The zero-order chi connectivity index (χ0) is 11.4. The first-order valence-corrected chi connectivity index (χ1v) is 4.88. The van der Waals surface area contributed by atoms with E-state index in [1.54, 1.807) is 20.8 Å². The van der Waals surface area contributed by atoms with Crippen molar-refractivity contribution >= 4 is 5.97 Å². The predicted octanol–water partition coefficient (Wildman–Crippen LogP) is 0.687. The molecule has 0 amide bonds. The van der Waals surface area contributed by atoms with Crippen LogP contribution in [0, 0.1) is 0 Å². The van der Waals surface area contributed by atoms with E-state index in [0.717, 1.165) is 0 Å². The Balaban J connectivity index is 3.88. The summed E-state index contributed by atoms with van der Waals surface area (Å²) in [5.74, 6) is -0.297. The molecule has 0 saturated carbocycles. The Morgan fingerprint density at radius 2 is 1.93 bits per heavy atom. The van der Waals surface area contributed by atoms with E-state index in [-0.39, 0.29) is 18.6 Å². The Morgan fingerprint density at radius 3 is 2.29 bits per heavy atom. The number of hydrogen-bond donors (Lipinski definition) is 2. The summed E-state index contributed by atoms with van der Waals surface area (Å²) in [6.07, 6.45) is -0.617. The molecular formula is C10H21NO3. The van der Waals surface area contributed by atoms with Crippen molar-refractivity contribution < 1.29 is 14.6 Å². The quantitative estimate of drug-likeness (QED) is 0.645. The summed E-state index contributed by atoms with van der Waals surface area (Å²) in [7, 11) is 0. The SMILES string of the molecule is CC(C)OC(=O)CNC(C)(C)C(C)O. The van der Waals surface area contributed by atoms with Crippen LogP contribution in [0.2, 0.25) is 0 Å². The molecule has 0 aromatic heterocycles. The van der Waals surface area contributed by atoms with Gasteiger partial charge in [0, 0.05) is 5.54 Å². The Morgan fingerprint density at radius 1 is 1.43 bits per heavy atom. The lowest BCUT2D eigenvalue weighted by Crippen LogP contribution is -2.50. The average Bonchev–Trinajstić information content (AvgIpc) is 1.99. The van der Waals surface area contributed by atoms with E-state index in [1.807, 2.05) is 13.8 Å². The molecule has 4 heteroatoms. The fraction of sp³-hybridized carbons (Fsp3) is 0.900. The van der Waals surface area contributed by atoms with E-state index >= 15 is 0 Å². The van der Waals surface area contributed by atoms with Crippen molar-refractivity contribution in [1.82, 2.24) is 5.32 Å². The van der Waals surface area contributed by atoms with Crippen LogP contribution in [0.25, 0.3) is 0 Å². The number of aliphatic hydroxyl groups is 1. The zero-order valence-electron chi connectivity index (χ0n) is 9.63. The van der Waals surface area contributed by atoms with Crippen LogP contribution in [0.4, 0.5) is 0 Å². The topological polar surface area (TPSA) is 58.6 Å². The second-order valence-electron chi connectivity index (χ2n) is 4.29. The van der Waals surface area contributed by atoms with E-state index in [0.29, 0.717) is 0 Å². The summed E-state index contributed by atoms with van der Waals surface area (Å²) in [5.41, 5.74) is -0.476. The molecule has 0 heterocycles. The number of esters is 1. The maximum Gasteiger partial charge on any atom is 0.320 e. The van der Waals surface area contributed by atoms with Crippen LogP contribution in [0.15, 0.2) is 0 Å². The smallest absolute Gasteiger partial charge is 0.320 e. The first-order valence-electron chi connectivity index (χ1n) is 4.88. The highest BCUT2D eigenvalue weighted by molar-refractivity contribution is 5.71. The van der Waals surface area contributed by atoms with Gasteiger partial charge in [-0.15, -0.1) is 0 Å². The number of nitrogens with one attached hydrogen (secondary N) is 1. The van der Waals surface area contributed by atoms with E-state index in [1.165, 1.54) is 0 Å². The Hall–Kier alpha value is -0.610. The van der Waals surface area contributed by atoms with Crippen molar-refractivity contribution in [2.45, 2.75) is 52.4 Å². The fourth-order valence-corrected chi connectivity index (χ4v) is 0.752. The van der Waals surface area contributed by atoms with Crippen molar-refractivity contribution in [2.24, 2.45) is 0 Å². The third-order valence-corrected chi connectivity index (χ3v) is 2.10. The van der Waals surface area contributed by atoms with Gasteiger partial charge < -0.3 is 9.84 Å². The molecule has 1 unspecified atom stereocenters. The van der Waals surface area contributed by atoms with Gasteiger partial charge in [0.05, 0.1) is 18.8 Å². The number of rotatable bonds is 5. The van der Waals surface area contributed by atoms with Gasteiger partial charge in [-0.05, 0) is 34.6 Å². The van der Waals surface area contributed by atoms with E-state index in [4.69, 9.17) is 4.74 Å². The summed E-state index contributed by atoms with van der Waals surface area (Å²) in [4.78, 5) is 11.2. The molecule has 0 aromatic carbocycles. The van der Waals surface area contributed by atoms with Crippen LogP contribution in [0.3, 0.4) is 0 Å². The van der Waals surface area contributed by atoms with Crippen LogP contribution in [0.5, 0.6) is 0 Å². The maximum absolute atomic E-state index is 11.2. The first kappa shape index (κ1) is 13.4. The Labute approximate surface area is 85.6 Å². The van der Waals surface area contributed by atoms with Gasteiger partial charge in [0.25, 0.3) is 0 Å². The summed E-state index contributed by atoms with van der Waals surface area (Å²) < 4.78 is 4.94. The predicted molar refractivity (Wildman–Crippen MR) is 55.0 cm³/mol. The maximum atomic E-state index is 11.2. The van der Waals surface area contributed by atoms with Gasteiger partial charge >= 0.3 is 5.97 Å². The molecule has 0 spiro atoms. The molecule has 0 saturated heterocycles. The second-order valence-corrected chi connectivity index (χ2v) is 4.29. The van der Waals surface area contributed by atoms with Crippen molar-refractivity contribution in [3.63, 3.8) is 0 Å². The second kappa shape index (κ2) is 5.32. The first-order chi connectivity index (χ1) is 6.25. The summed E-state index contributed by atoms with van der Waals surface area (Å²) >= 11 is 0. The molecular weight excluding hydrogens is 182 g/mol. The normalized spacial score (nSPS) is 14.2. The van der Waals surface area contributed by atoms with Gasteiger partial charge in [-0.1, -0.05) is 0 Å². The molecule has 0 rings (SSSR count). The summed E-state index contributed by atoms with van der Waals surface area (Å²) in [6.45, 7) is 9.08. The van der Waals surface area contributed by atoms with Gasteiger partial charge in [-0.25, -0.2) is 0 Å². The standard InChI is InChI=1S/C10H21NO3/c1-7(2)14-9(13)6-11-10(4,5)8(3)12/h7-8,11-12H,6H2,1-5H3. The highest BCUT2D eigenvalue weighted by Gasteiger charge is 2.24. The van der Waals surface area contributed by atoms with Gasteiger partial charge in [0.1, 0.15) is 0 Å². The molecule has 0 radical (unpaired) electrons. The monoisotopic (exact) mass is 203 g/mol. The van der Waals surface area contributed by atoms with E-state index < -0.39 is 11.6 Å². The minimum Gasteiger partial charge on any atom is -0.462 e. The fourth-order valence-electron chi connectivity index (χ4n) is 0.752. The van der Waals surface area contributed by atoms with E-state index in [9.17, 15) is 9.90 Å². The third-order valence-electron chi connectivity index (χ3n) is 2.10. The van der Waals surface area contributed by atoms with Crippen LogP contribution < -0.4 is 5.32 Å². The van der Waals surface area contributed by atoms with Crippen LogP contribution in [-0.2, 0) is 9.53 Å². The molecule has 0 aliphatic heterocycles. The molecule has 0 fully saturated rings. The van der Waals surface area contributed by atoms with Crippen molar-refractivity contribution in [2.75, 3.05) is 6.54 Å². The van der Waals surface area contributed by atoms with Crippen molar-refractivity contribution in [1.29, 1.82) is 0 Å². The number of hydrogen-bond acceptors (Lipinski definition) is 4. The lowest BCUT2D eigenvalue weighted by Gasteiger charge is -2.29. The Bertz CT molecular complexity index is 188. The van der Waals surface area contributed by atoms with Crippen molar-refractivity contribution in [3.05, 3.63) is 0 Å². The highest BCUT2D eigenvalue weighted by Crippen LogP contribution is 2.07. The molecule has 0 aromatic rings. The largest absolute Gasteiger partial charge is 0.462 e. The third kappa shape index (κ3) is 5.19. The van der Waals surface area contributed by atoms with Gasteiger partial charge in [-0.3, -0.25) is 10.1 Å². The molecule has 4 nitrogen and oxygen atoms in total. The molecule has 84 valence electrons. The zero-order valence-corrected chi connectivity index (χ0v) is 9.63. The minimum absolute atomic E-state index is 0.0982.